The first-order chi connectivity index (χ1) is 11.5. The Hall–Kier alpha value is -1.50. The number of pyridine rings is 1. The molecule has 4 rings (SSSR count). The average Bonchev–Trinajstić information content (AvgIpc) is 2.96. The average molecular weight is 449 g/mol. The molecule has 122 valence electrons. The van der Waals surface area contributed by atoms with Crippen LogP contribution in [0.25, 0.3) is 5.52 Å². The van der Waals surface area contributed by atoms with Crippen molar-refractivity contribution in [2.24, 2.45) is 0 Å². The highest BCUT2D eigenvalue weighted by molar-refractivity contribution is 9.10. The van der Waals surface area contributed by atoms with Gasteiger partial charge in [-0.05, 0) is 70.7 Å². The lowest BCUT2D eigenvalue weighted by molar-refractivity contribution is 0.0926. The van der Waals surface area contributed by atoms with Gasteiger partial charge in [0.1, 0.15) is 5.69 Å². The lowest BCUT2D eigenvalue weighted by atomic mass is 9.89. The first kappa shape index (κ1) is 16.0. The Kier molecular flexibility index (Phi) is 4.06. The number of carbonyl (C=O) groups is 1. The second-order valence-corrected chi connectivity index (χ2v) is 7.93. The van der Waals surface area contributed by atoms with Crippen LogP contribution in [0.4, 0.5) is 0 Å². The van der Waals surface area contributed by atoms with Crippen LogP contribution < -0.4 is 5.32 Å². The molecule has 0 bridgehead atoms. The molecule has 3 aromatic rings. The third-order valence-corrected chi connectivity index (χ3v) is 5.40. The number of aromatic nitrogens is 2. The van der Waals surface area contributed by atoms with Gasteiger partial charge < -0.3 is 5.32 Å². The molecular weight excluding hydrogens is 434 g/mol. The molecule has 2 aromatic heterocycles. The van der Waals surface area contributed by atoms with Crippen LogP contribution in [0, 0.1) is 0 Å². The number of hydrogen-bond donors (Lipinski definition) is 1. The quantitative estimate of drug-likeness (QED) is 0.594. The smallest absolute Gasteiger partial charge is 0.200 e. The lowest BCUT2D eigenvalue weighted by Gasteiger charge is -2.30. The summed E-state index contributed by atoms with van der Waals surface area (Å²) in [5, 5.41) is 7.86. The van der Waals surface area contributed by atoms with Gasteiger partial charge in [0.05, 0.1) is 11.6 Å². The van der Waals surface area contributed by atoms with Gasteiger partial charge in [-0.15, -0.1) is 0 Å². The fourth-order valence-corrected chi connectivity index (χ4v) is 4.01. The maximum absolute atomic E-state index is 12.9. The maximum Gasteiger partial charge on any atom is 0.200 e. The van der Waals surface area contributed by atoms with E-state index in [9.17, 15) is 4.79 Å². The summed E-state index contributed by atoms with van der Waals surface area (Å²) in [5.41, 5.74) is 3.87. The zero-order chi connectivity index (χ0) is 16.8. The number of nitrogens with one attached hydrogen (secondary N) is 1. The van der Waals surface area contributed by atoms with Crippen molar-refractivity contribution < 1.29 is 4.79 Å². The molecule has 0 amide bonds. The summed E-state index contributed by atoms with van der Waals surface area (Å²) in [6, 6.07) is 11.9. The van der Waals surface area contributed by atoms with E-state index in [4.69, 9.17) is 0 Å². The minimum atomic E-state index is -0.254. The highest BCUT2D eigenvalue weighted by atomic mass is 79.9. The molecular formula is C18H15Br2N3O. The van der Waals surface area contributed by atoms with Gasteiger partial charge in [-0.2, -0.15) is 5.10 Å². The summed E-state index contributed by atoms with van der Waals surface area (Å²) in [4.78, 5) is 12.9. The van der Waals surface area contributed by atoms with Gasteiger partial charge in [0.2, 0.25) is 0 Å². The molecule has 2 unspecified atom stereocenters. The largest absolute Gasteiger partial charge is 0.300 e. The molecule has 0 spiro atoms. The van der Waals surface area contributed by atoms with Crippen molar-refractivity contribution in [3.8, 4) is 0 Å². The first-order valence-electron chi connectivity index (χ1n) is 7.75. The standard InChI is InChI=1S/C18H15Br2N3O/c1-10-15-5-3-12(19)6-11(15)7-16(21-10)18(24)17-8-14-4-2-13(20)9-23(14)22-17/h2-6,8-10,16,21H,7H2,1H3. The molecule has 1 aliphatic heterocycles. The first-order valence-corrected chi connectivity index (χ1v) is 9.33. The van der Waals surface area contributed by atoms with E-state index in [1.165, 1.54) is 11.1 Å². The van der Waals surface area contributed by atoms with E-state index in [0.29, 0.717) is 12.1 Å². The summed E-state index contributed by atoms with van der Waals surface area (Å²) in [7, 11) is 0. The van der Waals surface area contributed by atoms with Crippen molar-refractivity contribution in [3.05, 3.63) is 68.4 Å². The molecule has 24 heavy (non-hydrogen) atoms. The van der Waals surface area contributed by atoms with Crippen molar-refractivity contribution in [1.29, 1.82) is 0 Å². The Labute approximate surface area is 156 Å². The van der Waals surface area contributed by atoms with Crippen molar-refractivity contribution in [2.75, 3.05) is 0 Å². The molecule has 1 N–H and O–H groups in total. The molecule has 0 saturated carbocycles. The molecule has 0 fully saturated rings. The van der Waals surface area contributed by atoms with E-state index in [1.54, 1.807) is 4.52 Å². The van der Waals surface area contributed by atoms with E-state index >= 15 is 0 Å². The molecule has 3 heterocycles. The third-order valence-electron chi connectivity index (χ3n) is 4.44. The summed E-state index contributed by atoms with van der Waals surface area (Å²) in [6.07, 6.45) is 2.53. The number of ketones is 1. The van der Waals surface area contributed by atoms with Crippen LogP contribution in [-0.4, -0.2) is 21.4 Å². The second kappa shape index (κ2) is 6.10. The zero-order valence-corrected chi connectivity index (χ0v) is 16.1. The highest BCUT2D eigenvalue weighted by Gasteiger charge is 2.30. The van der Waals surface area contributed by atoms with E-state index in [1.807, 2.05) is 30.5 Å². The van der Waals surface area contributed by atoms with Crippen molar-refractivity contribution in [2.45, 2.75) is 25.4 Å². The highest BCUT2D eigenvalue weighted by Crippen LogP contribution is 2.28. The molecule has 2 atom stereocenters. The predicted octanol–water partition coefficient (Wildman–Crippen LogP) is 4.32. The Balaban J connectivity index is 1.66. The fourth-order valence-electron chi connectivity index (χ4n) is 3.27. The lowest BCUT2D eigenvalue weighted by Crippen LogP contribution is -2.44. The Morgan fingerprint density at radius 2 is 2.00 bits per heavy atom. The summed E-state index contributed by atoms with van der Waals surface area (Å²) < 4.78 is 3.70. The van der Waals surface area contributed by atoms with Gasteiger partial charge in [-0.1, -0.05) is 22.0 Å². The minimum absolute atomic E-state index is 0.0345. The molecule has 4 nitrogen and oxygen atoms in total. The molecule has 0 saturated heterocycles. The number of benzene rings is 1. The topological polar surface area (TPSA) is 46.4 Å². The molecule has 0 aliphatic carbocycles. The Morgan fingerprint density at radius 1 is 1.21 bits per heavy atom. The third kappa shape index (κ3) is 2.83. The van der Waals surface area contributed by atoms with Crippen molar-refractivity contribution in [1.82, 2.24) is 14.9 Å². The maximum atomic E-state index is 12.9. The normalized spacial score (nSPS) is 20.1. The van der Waals surface area contributed by atoms with Gasteiger partial charge in [0, 0.05) is 21.2 Å². The van der Waals surface area contributed by atoms with Crippen molar-refractivity contribution >= 4 is 43.2 Å². The van der Waals surface area contributed by atoms with Crippen LogP contribution in [0.2, 0.25) is 0 Å². The van der Waals surface area contributed by atoms with Crippen LogP contribution in [0.1, 0.15) is 34.6 Å². The van der Waals surface area contributed by atoms with Gasteiger partial charge in [-0.25, -0.2) is 4.52 Å². The van der Waals surface area contributed by atoms with E-state index in [0.717, 1.165) is 14.5 Å². The van der Waals surface area contributed by atoms with E-state index in [2.05, 4.69) is 61.3 Å². The van der Waals surface area contributed by atoms with E-state index < -0.39 is 0 Å². The van der Waals surface area contributed by atoms with Crippen LogP contribution >= 0.6 is 31.9 Å². The van der Waals surface area contributed by atoms with Gasteiger partial charge >= 0.3 is 0 Å². The number of nitrogens with zero attached hydrogens (tertiary/aromatic N) is 2. The van der Waals surface area contributed by atoms with Gasteiger partial charge in [-0.3, -0.25) is 4.79 Å². The Morgan fingerprint density at radius 3 is 2.83 bits per heavy atom. The Bertz CT molecular complexity index is 951. The molecule has 1 aromatic carbocycles. The van der Waals surface area contributed by atoms with Crippen LogP contribution in [0.3, 0.4) is 0 Å². The summed E-state index contributed by atoms with van der Waals surface area (Å²) in [5.74, 6) is 0.0345. The molecule has 6 heteroatoms. The number of rotatable bonds is 2. The van der Waals surface area contributed by atoms with Gasteiger partial charge in [0.15, 0.2) is 5.78 Å². The van der Waals surface area contributed by atoms with Crippen LogP contribution in [-0.2, 0) is 6.42 Å². The molecule has 1 aliphatic rings. The number of fused-ring (bicyclic) bond motifs is 2. The van der Waals surface area contributed by atoms with Crippen LogP contribution in [0.15, 0.2) is 51.5 Å². The van der Waals surface area contributed by atoms with Gasteiger partial charge in [0.25, 0.3) is 0 Å². The van der Waals surface area contributed by atoms with Crippen molar-refractivity contribution in [3.63, 3.8) is 0 Å². The predicted molar refractivity (Wildman–Crippen MR) is 100 cm³/mol. The number of halogens is 2. The SMILES string of the molecule is CC1NC(C(=O)c2cc3ccc(Br)cn3n2)Cc2cc(Br)ccc21. The number of Topliss-reactive ketones (excluding diaryl/α,β-unsaturated/α-hetero) is 1. The summed E-state index contributed by atoms with van der Waals surface area (Å²) in [6.45, 7) is 2.09. The summed E-state index contributed by atoms with van der Waals surface area (Å²) >= 11 is 6.94. The second-order valence-electron chi connectivity index (χ2n) is 6.10. The number of carbonyl (C=O) groups excluding carboxylic acids is 1. The van der Waals surface area contributed by atoms with Crippen LogP contribution in [0.5, 0.6) is 0 Å². The minimum Gasteiger partial charge on any atom is -0.300 e. The zero-order valence-electron chi connectivity index (χ0n) is 13.0. The molecule has 0 radical (unpaired) electrons. The monoisotopic (exact) mass is 447 g/mol. The fraction of sp³-hybridized carbons (Fsp3) is 0.222. The van der Waals surface area contributed by atoms with E-state index in [-0.39, 0.29) is 17.9 Å². The number of hydrogen-bond acceptors (Lipinski definition) is 3.